The minimum atomic E-state index is -4.50. The number of hydrogen-bond acceptors (Lipinski definition) is 4. The summed E-state index contributed by atoms with van der Waals surface area (Å²) in [6, 6.07) is 2.12. The normalized spacial score (nSPS) is 20.2. The molecule has 1 aromatic rings. The summed E-state index contributed by atoms with van der Waals surface area (Å²) in [5.41, 5.74) is -0.557. The quantitative estimate of drug-likeness (QED) is 0.786. The van der Waals surface area contributed by atoms with E-state index >= 15 is 0 Å². The molecule has 1 unspecified atom stereocenters. The van der Waals surface area contributed by atoms with E-state index in [0.717, 1.165) is 12.3 Å². The van der Waals surface area contributed by atoms with Crippen molar-refractivity contribution in [3.05, 3.63) is 29.6 Å². The van der Waals surface area contributed by atoms with E-state index in [-0.39, 0.29) is 0 Å². The lowest BCUT2D eigenvalue weighted by Crippen LogP contribution is -2.20. The number of hydrogen-bond donors (Lipinski definition) is 0. The van der Waals surface area contributed by atoms with Gasteiger partial charge in [-0.15, -0.1) is 4.36 Å². The van der Waals surface area contributed by atoms with Crippen LogP contribution < -0.4 is 0 Å². The van der Waals surface area contributed by atoms with E-state index in [1.54, 1.807) is 0 Å². The Morgan fingerprint density at radius 3 is 2.47 bits per heavy atom. The summed E-state index contributed by atoms with van der Waals surface area (Å²) in [5.74, 6) is 0. The van der Waals surface area contributed by atoms with Crippen LogP contribution in [0.15, 0.2) is 22.7 Å². The van der Waals surface area contributed by atoms with E-state index in [0.29, 0.717) is 18.4 Å². The second-order valence-corrected chi connectivity index (χ2v) is 6.99. The standard InChI is InChI=1S/C11H10F3N3OS/c1-19(18,17-7-15)10(4-5-10)8-2-3-9(16-6-8)11(12,13)14/h2-3,6H,4-5H2,1H3. The summed E-state index contributed by atoms with van der Waals surface area (Å²) >= 11 is 0. The first-order chi connectivity index (χ1) is 8.73. The van der Waals surface area contributed by atoms with Gasteiger partial charge >= 0.3 is 6.18 Å². The van der Waals surface area contributed by atoms with Gasteiger partial charge < -0.3 is 0 Å². The highest BCUT2D eigenvalue weighted by Crippen LogP contribution is 2.53. The lowest BCUT2D eigenvalue weighted by Gasteiger charge is -2.16. The number of rotatable bonds is 2. The predicted molar refractivity (Wildman–Crippen MR) is 62.3 cm³/mol. The summed E-state index contributed by atoms with van der Waals surface area (Å²) < 4.78 is 52.1. The predicted octanol–water partition coefficient (Wildman–Crippen LogP) is 2.67. The maximum atomic E-state index is 12.4. The van der Waals surface area contributed by atoms with Crippen LogP contribution in [0, 0.1) is 11.5 Å². The zero-order valence-electron chi connectivity index (χ0n) is 9.94. The van der Waals surface area contributed by atoms with Crippen molar-refractivity contribution in [1.29, 1.82) is 5.26 Å². The van der Waals surface area contributed by atoms with Crippen LogP contribution in [0.5, 0.6) is 0 Å². The van der Waals surface area contributed by atoms with Gasteiger partial charge in [0.25, 0.3) is 0 Å². The van der Waals surface area contributed by atoms with Crippen molar-refractivity contribution >= 4 is 9.73 Å². The zero-order valence-corrected chi connectivity index (χ0v) is 10.8. The highest BCUT2D eigenvalue weighted by atomic mass is 32.2. The van der Waals surface area contributed by atoms with Crippen LogP contribution in [0.1, 0.15) is 24.1 Å². The molecule has 1 aliphatic rings. The van der Waals surface area contributed by atoms with Gasteiger partial charge in [0.05, 0.1) is 14.5 Å². The molecule has 0 aromatic carbocycles. The van der Waals surface area contributed by atoms with Gasteiger partial charge in [0.2, 0.25) is 6.19 Å². The van der Waals surface area contributed by atoms with Crippen molar-refractivity contribution in [3.63, 3.8) is 0 Å². The molecule has 0 N–H and O–H groups in total. The molecule has 0 aliphatic heterocycles. The van der Waals surface area contributed by atoms with Gasteiger partial charge in [-0.05, 0) is 24.5 Å². The van der Waals surface area contributed by atoms with Crippen LogP contribution in [-0.4, -0.2) is 15.4 Å². The van der Waals surface area contributed by atoms with Crippen LogP contribution >= 0.6 is 0 Å². The number of aromatic nitrogens is 1. The van der Waals surface area contributed by atoms with Gasteiger partial charge in [-0.3, -0.25) is 4.98 Å². The monoisotopic (exact) mass is 289 g/mol. The molecular weight excluding hydrogens is 279 g/mol. The topological polar surface area (TPSA) is 66.1 Å². The van der Waals surface area contributed by atoms with E-state index in [2.05, 4.69) is 9.35 Å². The lowest BCUT2D eigenvalue weighted by atomic mass is 10.1. The Morgan fingerprint density at radius 1 is 1.47 bits per heavy atom. The highest BCUT2D eigenvalue weighted by molar-refractivity contribution is 7.94. The third kappa shape index (κ3) is 2.30. The van der Waals surface area contributed by atoms with E-state index in [4.69, 9.17) is 5.26 Å². The van der Waals surface area contributed by atoms with Gasteiger partial charge in [-0.2, -0.15) is 18.4 Å². The van der Waals surface area contributed by atoms with Crippen molar-refractivity contribution in [2.24, 2.45) is 4.36 Å². The van der Waals surface area contributed by atoms with Gasteiger partial charge in [-0.25, -0.2) is 4.21 Å². The number of nitrogens with zero attached hydrogens (tertiary/aromatic N) is 3. The number of pyridine rings is 1. The fourth-order valence-electron chi connectivity index (χ4n) is 2.00. The first-order valence-electron chi connectivity index (χ1n) is 5.36. The van der Waals surface area contributed by atoms with Gasteiger partial charge in [0.15, 0.2) is 0 Å². The first kappa shape index (κ1) is 13.8. The Bertz CT molecular complexity index is 647. The molecule has 0 amide bonds. The van der Waals surface area contributed by atoms with Crippen LogP contribution in [-0.2, 0) is 20.7 Å². The van der Waals surface area contributed by atoms with Crippen molar-refractivity contribution < 1.29 is 17.4 Å². The summed E-state index contributed by atoms with van der Waals surface area (Å²) in [4.78, 5) is 3.35. The molecular formula is C11H10F3N3OS. The molecule has 0 saturated heterocycles. The molecule has 102 valence electrons. The summed E-state index contributed by atoms with van der Waals surface area (Å²) in [5, 5.41) is 8.53. The van der Waals surface area contributed by atoms with Gasteiger partial charge in [0.1, 0.15) is 5.69 Å². The molecule has 4 nitrogen and oxygen atoms in total. The minimum absolute atomic E-state index is 0.437. The maximum Gasteiger partial charge on any atom is 0.433 e. The SMILES string of the molecule is CS(=O)(=NC#N)C1(c2ccc(C(F)(F)F)nc2)CC1. The molecule has 0 radical (unpaired) electrons. The van der Waals surface area contributed by atoms with E-state index < -0.39 is 26.3 Å². The highest BCUT2D eigenvalue weighted by Gasteiger charge is 2.52. The first-order valence-corrected chi connectivity index (χ1v) is 7.29. The second kappa shape index (κ2) is 4.20. The molecule has 1 saturated carbocycles. The fraction of sp³-hybridized carbons (Fsp3) is 0.455. The molecule has 1 heterocycles. The molecule has 1 atom stereocenters. The van der Waals surface area contributed by atoms with Crippen LogP contribution in [0.4, 0.5) is 13.2 Å². The Kier molecular flexibility index (Phi) is 3.05. The molecule has 2 rings (SSSR count). The number of halogens is 3. The average Bonchev–Trinajstić information content (AvgIpc) is 3.09. The van der Waals surface area contributed by atoms with Crippen molar-refractivity contribution in [1.82, 2.24) is 4.98 Å². The molecule has 19 heavy (non-hydrogen) atoms. The average molecular weight is 289 g/mol. The minimum Gasteiger partial charge on any atom is -0.251 e. The Balaban J connectivity index is 2.43. The second-order valence-electron chi connectivity index (χ2n) is 4.42. The van der Waals surface area contributed by atoms with Crippen molar-refractivity contribution in [2.45, 2.75) is 23.8 Å². The molecule has 1 aliphatic carbocycles. The van der Waals surface area contributed by atoms with Crippen LogP contribution in [0.25, 0.3) is 0 Å². The van der Waals surface area contributed by atoms with E-state index in [1.165, 1.54) is 18.5 Å². The lowest BCUT2D eigenvalue weighted by molar-refractivity contribution is -0.141. The largest absolute Gasteiger partial charge is 0.433 e. The third-order valence-corrected chi connectivity index (χ3v) is 5.75. The van der Waals surface area contributed by atoms with Crippen LogP contribution in [0.2, 0.25) is 0 Å². The number of nitriles is 1. The van der Waals surface area contributed by atoms with Gasteiger partial charge in [0, 0.05) is 12.5 Å². The number of alkyl halides is 3. The molecule has 0 spiro atoms. The third-order valence-electron chi connectivity index (χ3n) is 3.22. The molecule has 1 fully saturated rings. The maximum absolute atomic E-state index is 12.4. The molecule has 0 bridgehead atoms. The summed E-state index contributed by atoms with van der Waals surface area (Å²) in [7, 11) is -2.81. The smallest absolute Gasteiger partial charge is 0.251 e. The fourth-order valence-corrected chi connectivity index (χ4v) is 3.74. The van der Waals surface area contributed by atoms with E-state index in [9.17, 15) is 17.4 Å². The zero-order chi connectivity index (χ0) is 14.3. The van der Waals surface area contributed by atoms with Crippen molar-refractivity contribution in [3.8, 4) is 6.19 Å². The van der Waals surface area contributed by atoms with Gasteiger partial charge in [-0.1, -0.05) is 6.07 Å². The van der Waals surface area contributed by atoms with Crippen molar-refractivity contribution in [2.75, 3.05) is 6.26 Å². The Labute approximate surface area is 108 Å². The molecule has 8 heteroatoms. The Hall–Kier alpha value is -1.62. The van der Waals surface area contributed by atoms with E-state index in [1.807, 2.05) is 0 Å². The Morgan fingerprint density at radius 2 is 2.11 bits per heavy atom. The summed E-state index contributed by atoms with van der Waals surface area (Å²) in [6.07, 6.45) is 0.489. The summed E-state index contributed by atoms with van der Waals surface area (Å²) in [6.45, 7) is 0. The van der Waals surface area contributed by atoms with Crippen LogP contribution in [0.3, 0.4) is 0 Å². The molecule has 1 aromatic heterocycles.